The minimum atomic E-state index is -0.852. The second-order valence-corrected chi connectivity index (χ2v) is 5.90. The first kappa shape index (κ1) is 13.9. The quantitative estimate of drug-likeness (QED) is 0.830. The van der Waals surface area contributed by atoms with Crippen molar-refractivity contribution in [3.8, 4) is 5.75 Å². The summed E-state index contributed by atoms with van der Waals surface area (Å²) in [4.78, 5) is 14.8. The lowest BCUT2D eigenvalue weighted by atomic mass is 10.2. The average Bonchev–Trinajstić information content (AvgIpc) is 2.83. The van der Waals surface area contributed by atoms with Crippen molar-refractivity contribution in [3.05, 3.63) is 40.9 Å². The van der Waals surface area contributed by atoms with E-state index >= 15 is 0 Å². The predicted molar refractivity (Wildman–Crippen MR) is 76.0 cm³/mol. The second kappa shape index (κ2) is 6.58. The average molecular weight is 295 g/mol. The molecular weight excluding hydrogens is 282 g/mol. The van der Waals surface area contributed by atoms with Crippen LogP contribution >= 0.6 is 23.1 Å². The molecule has 0 aliphatic carbocycles. The van der Waals surface area contributed by atoms with Crippen molar-refractivity contribution < 1.29 is 14.6 Å². The highest BCUT2D eigenvalue weighted by Gasteiger charge is 2.07. The Morgan fingerprint density at radius 1 is 1.53 bits per heavy atom. The van der Waals surface area contributed by atoms with Crippen molar-refractivity contribution in [1.82, 2.24) is 4.98 Å². The van der Waals surface area contributed by atoms with E-state index in [1.165, 1.54) is 11.3 Å². The van der Waals surface area contributed by atoms with Gasteiger partial charge in [-0.25, -0.2) is 4.98 Å². The minimum Gasteiger partial charge on any atom is -0.497 e. The van der Waals surface area contributed by atoms with Crippen molar-refractivity contribution in [2.24, 2.45) is 0 Å². The van der Waals surface area contributed by atoms with Crippen LogP contribution in [0.1, 0.15) is 11.3 Å². The number of carboxylic acid groups (broad SMARTS) is 1. The van der Waals surface area contributed by atoms with E-state index in [2.05, 4.69) is 4.98 Å². The molecule has 1 aromatic carbocycles. The van der Waals surface area contributed by atoms with Crippen molar-refractivity contribution in [3.63, 3.8) is 0 Å². The van der Waals surface area contributed by atoms with Gasteiger partial charge in [-0.1, -0.05) is 23.9 Å². The molecule has 2 aromatic rings. The summed E-state index contributed by atoms with van der Waals surface area (Å²) in [6.45, 7) is 0. The number of aromatic nitrogens is 1. The number of thiazole rings is 1. The van der Waals surface area contributed by atoms with Gasteiger partial charge in [0.05, 0.1) is 19.2 Å². The third-order valence-corrected chi connectivity index (χ3v) is 4.50. The van der Waals surface area contributed by atoms with Crippen LogP contribution in [0.5, 0.6) is 5.75 Å². The van der Waals surface area contributed by atoms with Crippen LogP contribution < -0.4 is 4.74 Å². The molecule has 0 fully saturated rings. The first-order valence-corrected chi connectivity index (χ1v) is 7.46. The van der Waals surface area contributed by atoms with E-state index in [4.69, 9.17) is 9.84 Å². The van der Waals surface area contributed by atoms with E-state index in [1.54, 1.807) is 24.3 Å². The van der Waals surface area contributed by atoms with Gasteiger partial charge in [0.1, 0.15) is 10.1 Å². The normalized spacial score (nSPS) is 10.4. The van der Waals surface area contributed by atoms with E-state index in [1.807, 2.05) is 24.3 Å². The van der Waals surface area contributed by atoms with Gasteiger partial charge in [-0.2, -0.15) is 0 Å². The van der Waals surface area contributed by atoms with Crippen molar-refractivity contribution in [2.75, 3.05) is 7.11 Å². The lowest BCUT2D eigenvalue weighted by molar-refractivity contribution is -0.136. The van der Waals surface area contributed by atoms with E-state index in [0.29, 0.717) is 5.69 Å². The van der Waals surface area contributed by atoms with Crippen molar-refractivity contribution >= 4 is 29.1 Å². The Morgan fingerprint density at radius 2 is 2.37 bits per heavy atom. The van der Waals surface area contributed by atoms with Gasteiger partial charge in [0, 0.05) is 11.1 Å². The number of hydrogen-bond acceptors (Lipinski definition) is 5. The van der Waals surface area contributed by atoms with Crippen LogP contribution in [-0.4, -0.2) is 23.2 Å². The van der Waals surface area contributed by atoms with Crippen LogP contribution in [-0.2, 0) is 17.0 Å². The van der Waals surface area contributed by atoms with Gasteiger partial charge in [0.25, 0.3) is 0 Å². The maximum atomic E-state index is 10.6. The third-order valence-electron chi connectivity index (χ3n) is 2.36. The van der Waals surface area contributed by atoms with Crippen molar-refractivity contribution in [1.29, 1.82) is 0 Å². The molecule has 0 bridgehead atoms. The van der Waals surface area contributed by atoms with E-state index in [9.17, 15) is 4.79 Å². The Balaban J connectivity index is 1.94. The molecule has 0 aliphatic heterocycles. The summed E-state index contributed by atoms with van der Waals surface area (Å²) < 4.78 is 6.06. The monoisotopic (exact) mass is 295 g/mol. The molecule has 19 heavy (non-hydrogen) atoms. The molecule has 0 radical (unpaired) electrons. The minimum absolute atomic E-state index is 0.0176. The SMILES string of the molecule is COc1cccc(CSc2nc(CC(=O)O)cs2)c1. The van der Waals surface area contributed by atoms with Crippen LogP contribution in [0.15, 0.2) is 34.0 Å². The molecule has 1 aromatic heterocycles. The van der Waals surface area contributed by atoms with E-state index < -0.39 is 5.97 Å². The van der Waals surface area contributed by atoms with Gasteiger partial charge < -0.3 is 9.84 Å². The molecule has 0 spiro atoms. The van der Waals surface area contributed by atoms with Gasteiger partial charge in [0.15, 0.2) is 0 Å². The summed E-state index contributed by atoms with van der Waals surface area (Å²) in [5.74, 6) is 0.774. The topological polar surface area (TPSA) is 59.4 Å². The van der Waals surface area contributed by atoms with Crippen LogP contribution in [0, 0.1) is 0 Å². The zero-order chi connectivity index (χ0) is 13.7. The number of aliphatic carboxylic acids is 1. The molecule has 0 atom stereocenters. The molecule has 0 unspecified atom stereocenters. The van der Waals surface area contributed by atoms with Gasteiger partial charge in [0.2, 0.25) is 0 Å². The highest BCUT2D eigenvalue weighted by Crippen LogP contribution is 2.27. The van der Waals surface area contributed by atoms with Gasteiger partial charge >= 0.3 is 5.97 Å². The van der Waals surface area contributed by atoms with Gasteiger partial charge in [-0.15, -0.1) is 11.3 Å². The number of thioether (sulfide) groups is 1. The standard InChI is InChI=1S/C13H13NO3S2/c1-17-11-4-2-3-9(5-11)7-18-13-14-10(8-19-13)6-12(15)16/h2-5,8H,6-7H2,1H3,(H,15,16). The van der Waals surface area contributed by atoms with Crippen LogP contribution in [0.3, 0.4) is 0 Å². The number of nitrogens with zero attached hydrogens (tertiary/aromatic N) is 1. The van der Waals surface area contributed by atoms with E-state index in [0.717, 1.165) is 21.4 Å². The first-order valence-electron chi connectivity index (χ1n) is 5.59. The number of methoxy groups -OCH3 is 1. The van der Waals surface area contributed by atoms with Crippen LogP contribution in [0.25, 0.3) is 0 Å². The molecule has 0 saturated heterocycles. The first-order chi connectivity index (χ1) is 9.17. The fourth-order valence-corrected chi connectivity index (χ4v) is 3.29. The lowest BCUT2D eigenvalue weighted by Crippen LogP contribution is -1.99. The molecule has 0 amide bonds. The lowest BCUT2D eigenvalue weighted by Gasteiger charge is -2.02. The third kappa shape index (κ3) is 4.25. The maximum absolute atomic E-state index is 10.6. The summed E-state index contributed by atoms with van der Waals surface area (Å²) in [7, 11) is 1.64. The predicted octanol–water partition coefficient (Wildman–Crippen LogP) is 3.07. The van der Waals surface area contributed by atoms with E-state index in [-0.39, 0.29) is 6.42 Å². The maximum Gasteiger partial charge on any atom is 0.309 e. The summed E-state index contributed by atoms with van der Waals surface area (Å²) >= 11 is 3.08. The van der Waals surface area contributed by atoms with Gasteiger partial charge in [-0.05, 0) is 17.7 Å². The fraction of sp³-hybridized carbons (Fsp3) is 0.231. The largest absolute Gasteiger partial charge is 0.497 e. The second-order valence-electron chi connectivity index (χ2n) is 3.82. The Morgan fingerprint density at radius 3 is 3.11 bits per heavy atom. The number of carboxylic acids is 1. The molecule has 1 heterocycles. The molecule has 6 heteroatoms. The summed E-state index contributed by atoms with van der Waals surface area (Å²) in [5.41, 5.74) is 1.77. The molecule has 4 nitrogen and oxygen atoms in total. The molecule has 100 valence electrons. The highest BCUT2D eigenvalue weighted by molar-refractivity contribution is 8.00. The van der Waals surface area contributed by atoms with Crippen LogP contribution in [0.2, 0.25) is 0 Å². The Labute approximate surface area is 119 Å². The summed E-state index contributed by atoms with van der Waals surface area (Å²) in [5, 5.41) is 10.5. The summed E-state index contributed by atoms with van der Waals surface area (Å²) in [6.07, 6.45) is -0.0176. The van der Waals surface area contributed by atoms with Gasteiger partial charge in [-0.3, -0.25) is 4.79 Å². The Bertz CT molecular complexity index is 569. The zero-order valence-electron chi connectivity index (χ0n) is 10.3. The number of rotatable bonds is 6. The molecular formula is C13H13NO3S2. The Kier molecular flexibility index (Phi) is 4.81. The Hall–Kier alpha value is -1.53. The van der Waals surface area contributed by atoms with Crippen LogP contribution in [0.4, 0.5) is 0 Å². The number of ether oxygens (including phenoxy) is 1. The molecule has 1 N–H and O–H groups in total. The highest BCUT2D eigenvalue weighted by atomic mass is 32.2. The molecule has 0 saturated carbocycles. The zero-order valence-corrected chi connectivity index (χ0v) is 12.0. The molecule has 2 rings (SSSR count). The summed E-state index contributed by atoms with van der Waals surface area (Å²) in [6, 6.07) is 7.87. The smallest absolute Gasteiger partial charge is 0.309 e. The van der Waals surface area contributed by atoms with Crippen molar-refractivity contribution in [2.45, 2.75) is 16.5 Å². The number of carbonyl (C=O) groups is 1. The fourth-order valence-electron chi connectivity index (χ4n) is 1.50. The molecule has 0 aliphatic rings. The number of benzene rings is 1. The number of hydrogen-bond donors (Lipinski definition) is 1.